The smallest absolute Gasteiger partial charge is 0.257 e. The van der Waals surface area contributed by atoms with E-state index in [1.54, 1.807) is 11.8 Å². The first-order chi connectivity index (χ1) is 13.7. The lowest BCUT2D eigenvalue weighted by atomic mass is 10.0. The molecule has 0 N–H and O–H groups in total. The second kappa shape index (κ2) is 7.41. The van der Waals surface area contributed by atoms with Gasteiger partial charge in [0.05, 0.1) is 0 Å². The number of fused-ring (bicyclic) bond motifs is 2. The van der Waals surface area contributed by atoms with Crippen molar-refractivity contribution < 1.29 is 0 Å². The molecule has 0 radical (unpaired) electrons. The van der Waals surface area contributed by atoms with Crippen molar-refractivity contribution >= 4 is 22.7 Å². The number of para-hydroxylation sites is 1. The first-order valence-corrected chi connectivity index (χ1v) is 11.2. The number of thioether (sulfide) groups is 1. The Hall–Kier alpha value is -2.05. The van der Waals surface area contributed by atoms with Gasteiger partial charge >= 0.3 is 0 Å². The number of aromatic nitrogens is 3. The molecule has 2 aliphatic heterocycles. The summed E-state index contributed by atoms with van der Waals surface area (Å²) in [7, 11) is 0. The summed E-state index contributed by atoms with van der Waals surface area (Å²) >= 11 is 1.69. The number of hydrogen-bond donors (Lipinski definition) is 0. The average Bonchev–Trinajstić information content (AvgIpc) is 3.35. The minimum Gasteiger partial charge on any atom is -0.344 e. The van der Waals surface area contributed by atoms with Crippen molar-refractivity contribution in [1.29, 1.82) is 0 Å². The van der Waals surface area contributed by atoms with Crippen LogP contribution in [0.25, 0.3) is 10.9 Å². The van der Waals surface area contributed by atoms with E-state index in [1.807, 2.05) is 11.5 Å². The molecule has 1 saturated heterocycles. The van der Waals surface area contributed by atoms with Gasteiger partial charge in [-0.25, -0.2) is 4.98 Å². The third kappa shape index (κ3) is 3.18. The number of piperidine rings is 1. The fraction of sp³-hybridized carbons (Fsp3) is 0.455. The number of likely N-dealkylation sites (tertiary alicyclic amines) is 1. The molecule has 2 aliphatic rings. The van der Waals surface area contributed by atoms with Gasteiger partial charge in [0.25, 0.3) is 5.56 Å². The predicted octanol–water partition coefficient (Wildman–Crippen LogP) is 3.49. The van der Waals surface area contributed by atoms with Crippen LogP contribution in [0.2, 0.25) is 0 Å². The fourth-order valence-electron chi connectivity index (χ4n) is 4.61. The zero-order valence-electron chi connectivity index (χ0n) is 16.3. The maximum absolute atomic E-state index is 12.8. The van der Waals surface area contributed by atoms with Crippen LogP contribution in [0.4, 0.5) is 0 Å². The van der Waals surface area contributed by atoms with E-state index in [1.165, 1.54) is 10.9 Å². The van der Waals surface area contributed by atoms with Gasteiger partial charge in [-0.1, -0.05) is 30.0 Å². The highest BCUT2D eigenvalue weighted by Gasteiger charge is 2.23. The van der Waals surface area contributed by atoms with Gasteiger partial charge in [0, 0.05) is 60.9 Å². The highest BCUT2D eigenvalue weighted by Crippen LogP contribution is 2.28. The summed E-state index contributed by atoms with van der Waals surface area (Å²) in [5.74, 6) is 0.965. The number of hydrogen-bond acceptors (Lipinski definition) is 4. The monoisotopic (exact) mass is 394 g/mol. The van der Waals surface area contributed by atoms with Crippen molar-refractivity contribution in [2.45, 2.75) is 43.9 Å². The Balaban J connectivity index is 1.23. The van der Waals surface area contributed by atoms with Gasteiger partial charge < -0.3 is 9.47 Å². The molecule has 6 heteroatoms. The first kappa shape index (κ1) is 18.0. The Labute approximate surface area is 169 Å². The Morgan fingerprint density at radius 1 is 1.14 bits per heavy atom. The normalized spacial score (nSPS) is 18.0. The van der Waals surface area contributed by atoms with Crippen molar-refractivity contribution in [3.63, 3.8) is 0 Å². The molecule has 1 fully saturated rings. The lowest BCUT2D eigenvalue weighted by Gasteiger charge is -2.33. The number of aryl methyl sites for hydroxylation is 1. The minimum absolute atomic E-state index is 0.182. The van der Waals surface area contributed by atoms with Gasteiger partial charge in [0.1, 0.15) is 0 Å². The fourth-order valence-corrected chi connectivity index (χ4v) is 5.60. The zero-order valence-corrected chi connectivity index (χ0v) is 17.1. The Bertz CT molecular complexity index is 1060. The Morgan fingerprint density at radius 2 is 1.96 bits per heavy atom. The molecule has 0 aliphatic carbocycles. The van der Waals surface area contributed by atoms with Crippen LogP contribution in [-0.4, -0.2) is 44.4 Å². The van der Waals surface area contributed by atoms with E-state index in [4.69, 9.17) is 0 Å². The van der Waals surface area contributed by atoms with E-state index in [-0.39, 0.29) is 5.56 Å². The number of rotatable bonds is 4. The first-order valence-electron chi connectivity index (χ1n) is 10.2. The third-order valence-corrected chi connectivity index (χ3v) is 7.20. The summed E-state index contributed by atoms with van der Waals surface area (Å²) in [6, 6.07) is 11.4. The molecule has 28 heavy (non-hydrogen) atoms. The molecule has 0 spiro atoms. The van der Waals surface area contributed by atoms with Crippen LogP contribution in [-0.2, 0) is 13.0 Å². The molecule has 5 nitrogen and oxygen atoms in total. The summed E-state index contributed by atoms with van der Waals surface area (Å²) in [5.41, 5.74) is 3.34. The molecule has 0 amide bonds. The van der Waals surface area contributed by atoms with Crippen LogP contribution in [0, 0.1) is 6.92 Å². The van der Waals surface area contributed by atoms with Crippen molar-refractivity contribution in [3.05, 3.63) is 58.1 Å². The molecule has 0 saturated carbocycles. The summed E-state index contributed by atoms with van der Waals surface area (Å²) in [4.78, 5) is 19.9. The van der Waals surface area contributed by atoms with Crippen LogP contribution in [0.3, 0.4) is 0 Å². The van der Waals surface area contributed by atoms with E-state index >= 15 is 0 Å². The molecule has 0 atom stereocenters. The van der Waals surface area contributed by atoms with Gasteiger partial charge in [0.2, 0.25) is 0 Å². The van der Waals surface area contributed by atoms with Crippen molar-refractivity contribution in [2.24, 2.45) is 0 Å². The lowest BCUT2D eigenvalue weighted by molar-refractivity contribution is 0.190. The van der Waals surface area contributed by atoms with Crippen LogP contribution in [0.5, 0.6) is 0 Å². The molecule has 1 aromatic carbocycles. The van der Waals surface area contributed by atoms with Crippen LogP contribution in [0.15, 0.2) is 46.5 Å². The van der Waals surface area contributed by atoms with Gasteiger partial charge in [0.15, 0.2) is 5.16 Å². The Morgan fingerprint density at radius 3 is 2.82 bits per heavy atom. The molecular weight excluding hydrogens is 368 g/mol. The summed E-state index contributed by atoms with van der Waals surface area (Å²) < 4.78 is 4.31. The quantitative estimate of drug-likeness (QED) is 0.636. The van der Waals surface area contributed by atoms with Gasteiger partial charge in [-0.15, -0.1) is 0 Å². The van der Waals surface area contributed by atoms with Crippen LogP contribution < -0.4 is 5.56 Å². The topological polar surface area (TPSA) is 43.1 Å². The highest BCUT2D eigenvalue weighted by molar-refractivity contribution is 7.99. The van der Waals surface area contributed by atoms with E-state index in [2.05, 4.69) is 51.0 Å². The third-order valence-electron chi connectivity index (χ3n) is 6.24. The summed E-state index contributed by atoms with van der Waals surface area (Å²) in [5, 5.41) is 2.22. The summed E-state index contributed by atoms with van der Waals surface area (Å²) in [6.45, 7) is 5.91. The Kier molecular flexibility index (Phi) is 4.77. The average molecular weight is 395 g/mol. The SMILES string of the molecule is Cc1nc2n(c(=O)c1CCN1CCC(n3ccc4ccccc43)CC1)CCS2. The van der Waals surface area contributed by atoms with E-state index in [9.17, 15) is 4.79 Å². The van der Waals surface area contributed by atoms with Gasteiger partial charge in [-0.2, -0.15) is 0 Å². The molecular formula is C22H26N4OS. The second-order valence-corrected chi connectivity index (χ2v) is 8.93. The van der Waals surface area contributed by atoms with E-state index in [0.29, 0.717) is 6.04 Å². The standard InChI is InChI=1S/C22H26N4OS/c1-16-19(21(27)26-14-15-28-22(26)23-16)9-12-24-10-7-18(8-11-24)25-13-6-17-4-2-3-5-20(17)25/h2-6,13,18H,7-12,14-15H2,1H3. The predicted molar refractivity (Wildman–Crippen MR) is 114 cm³/mol. The maximum atomic E-state index is 12.8. The van der Waals surface area contributed by atoms with Gasteiger partial charge in [-0.3, -0.25) is 9.36 Å². The summed E-state index contributed by atoms with van der Waals surface area (Å²) in [6.07, 6.45) is 5.37. The number of benzene rings is 1. The molecule has 2 aromatic heterocycles. The number of nitrogens with zero attached hydrogens (tertiary/aromatic N) is 4. The van der Waals surface area contributed by atoms with Crippen LogP contribution in [0.1, 0.15) is 30.1 Å². The van der Waals surface area contributed by atoms with Crippen molar-refractivity contribution in [3.8, 4) is 0 Å². The molecule has 146 valence electrons. The van der Waals surface area contributed by atoms with Crippen molar-refractivity contribution in [2.75, 3.05) is 25.4 Å². The lowest BCUT2D eigenvalue weighted by Crippen LogP contribution is -2.37. The van der Waals surface area contributed by atoms with E-state index in [0.717, 1.165) is 67.6 Å². The highest BCUT2D eigenvalue weighted by atomic mass is 32.2. The molecule has 3 aromatic rings. The zero-order chi connectivity index (χ0) is 19.1. The minimum atomic E-state index is 0.182. The second-order valence-electron chi connectivity index (χ2n) is 7.87. The molecule has 4 heterocycles. The maximum Gasteiger partial charge on any atom is 0.257 e. The largest absolute Gasteiger partial charge is 0.344 e. The van der Waals surface area contributed by atoms with E-state index < -0.39 is 0 Å². The molecule has 0 bridgehead atoms. The van der Waals surface area contributed by atoms with Crippen molar-refractivity contribution in [1.82, 2.24) is 19.0 Å². The molecule has 0 unspecified atom stereocenters. The van der Waals surface area contributed by atoms with Crippen LogP contribution >= 0.6 is 11.8 Å². The van der Waals surface area contributed by atoms with Gasteiger partial charge in [-0.05, 0) is 43.7 Å². The molecule has 5 rings (SSSR count).